The van der Waals surface area contributed by atoms with Crippen LogP contribution in [0.1, 0.15) is 41.5 Å². The number of rotatable bonds is 5. The molecular weight excluding hydrogens is 322 g/mol. The molecular formula is C18H27N3O4. The van der Waals surface area contributed by atoms with Crippen LogP contribution in [-0.2, 0) is 14.3 Å². The van der Waals surface area contributed by atoms with Gasteiger partial charge in [0.05, 0.1) is 0 Å². The number of alkyl carbamates (subject to hydrolysis) is 1. The summed E-state index contributed by atoms with van der Waals surface area (Å²) in [7, 11) is 0. The van der Waals surface area contributed by atoms with Gasteiger partial charge in [-0.25, -0.2) is 4.79 Å². The average molecular weight is 349 g/mol. The quantitative estimate of drug-likeness (QED) is 0.761. The maximum absolute atomic E-state index is 12.5. The lowest BCUT2D eigenvalue weighted by molar-refractivity contribution is -0.119. The highest BCUT2D eigenvalue weighted by atomic mass is 16.6. The van der Waals surface area contributed by atoms with E-state index >= 15 is 0 Å². The van der Waals surface area contributed by atoms with Crippen molar-refractivity contribution in [3.63, 3.8) is 0 Å². The molecule has 25 heavy (non-hydrogen) atoms. The van der Waals surface area contributed by atoms with Gasteiger partial charge in [-0.1, -0.05) is 19.9 Å². The first kappa shape index (κ1) is 20.5. The number of amides is 3. The number of benzene rings is 1. The van der Waals surface area contributed by atoms with Crippen molar-refractivity contribution >= 4 is 29.3 Å². The third kappa shape index (κ3) is 7.69. The second-order valence-electron chi connectivity index (χ2n) is 7.12. The number of hydrogen-bond donors (Lipinski definition) is 3. The SMILES string of the molecule is CC(=O)Nc1cccc(NC(=O)[C@@H](NC(=O)OC(C)(C)C)C(C)C)c1. The van der Waals surface area contributed by atoms with E-state index in [0.717, 1.165) is 0 Å². The highest BCUT2D eigenvalue weighted by Gasteiger charge is 2.27. The van der Waals surface area contributed by atoms with Gasteiger partial charge in [0.1, 0.15) is 11.6 Å². The molecule has 0 heterocycles. The van der Waals surface area contributed by atoms with Crippen molar-refractivity contribution in [1.82, 2.24) is 5.32 Å². The monoisotopic (exact) mass is 349 g/mol. The number of nitrogens with one attached hydrogen (secondary N) is 3. The minimum atomic E-state index is -0.751. The fraction of sp³-hybridized carbons (Fsp3) is 0.500. The van der Waals surface area contributed by atoms with Crippen molar-refractivity contribution in [2.24, 2.45) is 5.92 Å². The molecule has 0 aliphatic rings. The average Bonchev–Trinajstić information content (AvgIpc) is 2.42. The molecule has 0 aromatic heterocycles. The first-order valence-corrected chi connectivity index (χ1v) is 8.16. The van der Waals surface area contributed by atoms with Crippen molar-refractivity contribution in [3.05, 3.63) is 24.3 Å². The summed E-state index contributed by atoms with van der Waals surface area (Å²) in [4.78, 5) is 35.6. The van der Waals surface area contributed by atoms with Gasteiger partial charge in [0.2, 0.25) is 11.8 Å². The third-order valence-electron chi connectivity index (χ3n) is 3.07. The van der Waals surface area contributed by atoms with E-state index in [4.69, 9.17) is 4.74 Å². The maximum Gasteiger partial charge on any atom is 0.408 e. The van der Waals surface area contributed by atoms with Crippen LogP contribution in [0.5, 0.6) is 0 Å². The number of carbonyl (C=O) groups is 3. The molecule has 0 bridgehead atoms. The van der Waals surface area contributed by atoms with E-state index in [1.807, 2.05) is 13.8 Å². The van der Waals surface area contributed by atoms with E-state index in [2.05, 4.69) is 16.0 Å². The zero-order chi connectivity index (χ0) is 19.2. The molecule has 1 aromatic carbocycles. The van der Waals surface area contributed by atoms with Gasteiger partial charge in [-0.3, -0.25) is 9.59 Å². The summed E-state index contributed by atoms with van der Waals surface area (Å²) in [6.45, 7) is 10.3. The van der Waals surface area contributed by atoms with Crippen LogP contribution in [0.15, 0.2) is 24.3 Å². The molecule has 0 saturated carbocycles. The summed E-state index contributed by atoms with van der Waals surface area (Å²) in [5, 5.41) is 7.99. The molecule has 1 atom stereocenters. The van der Waals surface area contributed by atoms with Crippen LogP contribution in [0.4, 0.5) is 16.2 Å². The van der Waals surface area contributed by atoms with Crippen molar-refractivity contribution in [1.29, 1.82) is 0 Å². The highest BCUT2D eigenvalue weighted by Crippen LogP contribution is 2.16. The van der Waals surface area contributed by atoms with Crippen LogP contribution in [-0.4, -0.2) is 29.6 Å². The number of ether oxygens (including phenoxy) is 1. The minimum absolute atomic E-state index is 0.133. The fourth-order valence-corrected chi connectivity index (χ4v) is 2.07. The van der Waals surface area contributed by atoms with Crippen LogP contribution < -0.4 is 16.0 Å². The van der Waals surface area contributed by atoms with E-state index in [1.165, 1.54) is 6.92 Å². The highest BCUT2D eigenvalue weighted by molar-refractivity contribution is 5.97. The molecule has 0 aliphatic heterocycles. The van der Waals surface area contributed by atoms with Crippen LogP contribution in [0.25, 0.3) is 0 Å². The molecule has 0 saturated heterocycles. The van der Waals surface area contributed by atoms with Gasteiger partial charge in [0, 0.05) is 18.3 Å². The molecule has 3 N–H and O–H groups in total. The fourth-order valence-electron chi connectivity index (χ4n) is 2.07. The lowest BCUT2D eigenvalue weighted by Crippen LogP contribution is -2.48. The van der Waals surface area contributed by atoms with Gasteiger partial charge in [-0.15, -0.1) is 0 Å². The van der Waals surface area contributed by atoms with Crippen LogP contribution in [0.2, 0.25) is 0 Å². The molecule has 0 spiro atoms. The summed E-state index contributed by atoms with van der Waals surface area (Å²) < 4.78 is 5.20. The Bertz CT molecular complexity index is 635. The van der Waals surface area contributed by atoms with Crippen LogP contribution >= 0.6 is 0 Å². The Hall–Kier alpha value is -2.57. The second-order valence-corrected chi connectivity index (χ2v) is 7.12. The van der Waals surface area contributed by atoms with E-state index < -0.39 is 17.7 Å². The van der Waals surface area contributed by atoms with Crippen LogP contribution in [0.3, 0.4) is 0 Å². The summed E-state index contributed by atoms with van der Waals surface area (Å²) in [6, 6.07) is 6.03. The number of hydrogen-bond acceptors (Lipinski definition) is 4. The van der Waals surface area contributed by atoms with Crippen molar-refractivity contribution in [3.8, 4) is 0 Å². The van der Waals surface area contributed by atoms with E-state index in [9.17, 15) is 14.4 Å². The second kappa shape index (κ2) is 8.50. The normalized spacial score (nSPS) is 12.3. The summed E-state index contributed by atoms with van der Waals surface area (Å²) in [5.41, 5.74) is 0.453. The van der Waals surface area contributed by atoms with Gasteiger partial charge in [0.25, 0.3) is 0 Å². The molecule has 7 nitrogen and oxygen atoms in total. The maximum atomic E-state index is 12.5. The zero-order valence-corrected chi connectivity index (χ0v) is 15.6. The Morgan fingerprint density at radius 2 is 1.60 bits per heavy atom. The summed E-state index contributed by atoms with van der Waals surface area (Å²) >= 11 is 0. The van der Waals surface area contributed by atoms with Gasteiger partial charge in [-0.2, -0.15) is 0 Å². The Balaban J connectivity index is 2.80. The molecule has 0 unspecified atom stereocenters. The molecule has 138 valence electrons. The number of anilines is 2. The van der Waals surface area contributed by atoms with E-state index in [-0.39, 0.29) is 17.7 Å². The summed E-state index contributed by atoms with van der Waals surface area (Å²) in [5.74, 6) is -0.693. The summed E-state index contributed by atoms with van der Waals surface area (Å²) in [6.07, 6.45) is -0.645. The Morgan fingerprint density at radius 3 is 2.08 bits per heavy atom. The predicted molar refractivity (Wildman–Crippen MR) is 97.4 cm³/mol. The predicted octanol–water partition coefficient (Wildman–Crippen LogP) is 3.13. The molecule has 7 heteroatoms. The molecule has 1 rings (SSSR count). The minimum Gasteiger partial charge on any atom is -0.444 e. The first-order chi connectivity index (χ1) is 11.5. The Morgan fingerprint density at radius 1 is 1.04 bits per heavy atom. The van der Waals surface area contributed by atoms with Crippen molar-refractivity contribution < 1.29 is 19.1 Å². The van der Waals surface area contributed by atoms with Crippen LogP contribution in [0, 0.1) is 5.92 Å². The first-order valence-electron chi connectivity index (χ1n) is 8.16. The van der Waals surface area contributed by atoms with Crippen molar-refractivity contribution in [2.45, 2.75) is 53.2 Å². The van der Waals surface area contributed by atoms with Gasteiger partial charge >= 0.3 is 6.09 Å². The van der Waals surface area contributed by atoms with E-state index in [0.29, 0.717) is 11.4 Å². The smallest absolute Gasteiger partial charge is 0.408 e. The topological polar surface area (TPSA) is 96.5 Å². The van der Waals surface area contributed by atoms with Gasteiger partial charge in [0.15, 0.2) is 0 Å². The molecule has 0 radical (unpaired) electrons. The zero-order valence-electron chi connectivity index (χ0n) is 15.6. The van der Waals surface area contributed by atoms with E-state index in [1.54, 1.807) is 45.0 Å². The Labute approximate surface area is 148 Å². The van der Waals surface area contributed by atoms with Gasteiger partial charge < -0.3 is 20.7 Å². The Kier molecular flexibility index (Phi) is 6.97. The molecule has 1 aromatic rings. The van der Waals surface area contributed by atoms with Crippen molar-refractivity contribution in [2.75, 3.05) is 10.6 Å². The lowest BCUT2D eigenvalue weighted by atomic mass is 10.0. The number of carbonyl (C=O) groups excluding carboxylic acids is 3. The molecule has 0 aliphatic carbocycles. The standard InChI is InChI=1S/C18H27N3O4/c1-11(2)15(21-17(24)25-18(4,5)6)16(23)20-14-9-7-8-13(10-14)19-12(3)22/h7-11,15H,1-6H3,(H,19,22)(H,20,23)(H,21,24)/t15-/m0/s1. The van der Waals surface area contributed by atoms with Gasteiger partial charge in [-0.05, 0) is 44.9 Å². The molecule has 0 fully saturated rings. The lowest BCUT2D eigenvalue weighted by Gasteiger charge is -2.25. The third-order valence-corrected chi connectivity index (χ3v) is 3.07. The largest absolute Gasteiger partial charge is 0.444 e. The molecule has 3 amide bonds.